The predicted molar refractivity (Wildman–Crippen MR) is 117 cm³/mol. The number of hydrogen-bond donors (Lipinski definition) is 0. The number of carbonyl (C=O) groups is 1. The van der Waals surface area contributed by atoms with Crippen molar-refractivity contribution in [3.05, 3.63) is 71.5 Å². The van der Waals surface area contributed by atoms with E-state index in [2.05, 4.69) is 4.98 Å². The van der Waals surface area contributed by atoms with E-state index in [0.29, 0.717) is 35.3 Å². The molecular formula is C22H21ClFN3O4S. The van der Waals surface area contributed by atoms with Crippen molar-refractivity contribution in [2.24, 2.45) is 0 Å². The average molecular weight is 478 g/mol. The zero-order valence-electron chi connectivity index (χ0n) is 17.1. The fourth-order valence-electron chi connectivity index (χ4n) is 3.52. The molecule has 7 nitrogen and oxygen atoms in total. The van der Waals surface area contributed by atoms with Gasteiger partial charge in [-0.1, -0.05) is 23.7 Å². The molecule has 0 N–H and O–H groups in total. The molecule has 0 bridgehead atoms. The molecule has 0 spiro atoms. The van der Waals surface area contributed by atoms with E-state index >= 15 is 0 Å². The maximum atomic E-state index is 13.9. The Balaban J connectivity index is 1.31. The van der Waals surface area contributed by atoms with Gasteiger partial charge in [0.25, 0.3) is 0 Å². The SMILES string of the molecule is O=C(CCc1ncc(-c2ccccc2F)o1)N1CCN(S(=O)(=O)c2ccc(Cl)cc2)CC1. The van der Waals surface area contributed by atoms with Crippen LogP contribution in [-0.4, -0.2) is 54.7 Å². The van der Waals surface area contributed by atoms with E-state index in [0.717, 1.165) is 0 Å². The summed E-state index contributed by atoms with van der Waals surface area (Å²) in [7, 11) is -3.63. The fraction of sp³-hybridized carbons (Fsp3) is 0.273. The maximum Gasteiger partial charge on any atom is 0.243 e. The Bertz CT molecular complexity index is 1210. The molecule has 3 aromatic rings. The molecule has 0 unspecified atom stereocenters. The van der Waals surface area contributed by atoms with Gasteiger partial charge in [-0.15, -0.1) is 0 Å². The van der Waals surface area contributed by atoms with Crippen molar-refractivity contribution in [2.45, 2.75) is 17.7 Å². The second-order valence-electron chi connectivity index (χ2n) is 7.34. The highest BCUT2D eigenvalue weighted by Gasteiger charge is 2.30. The van der Waals surface area contributed by atoms with Gasteiger partial charge in [-0.25, -0.2) is 17.8 Å². The highest BCUT2D eigenvalue weighted by atomic mass is 35.5. The molecule has 1 fully saturated rings. The Morgan fingerprint density at radius 3 is 2.44 bits per heavy atom. The lowest BCUT2D eigenvalue weighted by atomic mass is 10.2. The first-order valence-electron chi connectivity index (χ1n) is 10.1. The first-order chi connectivity index (χ1) is 15.3. The van der Waals surface area contributed by atoms with Crippen LogP contribution in [0.2, 0.25) is 5.02 Å². The molecule has 32 heavy (non-hydrogen) atoms. The number of oxazole rings is 1. The molecule has 168 valence electrons. The van der Waals surface area contributed by atoms with E-state index in [9.17, 15) is 17.6 Å². The van der Waals surface area contributed by atoms with Crippen LogP contribution in [0.4, 0.5) is 4.39 Å². The van der Waals surface area contributed by atoms with Crippen molar-refractivity contribution < 1.29 is 22.0 Å². The van der Waals surface area contributed by atoms with Gasteiger partial charge in [-0.3, -0.25) is 4.79 Å². The number of aryl methyl sites for hydroxylation is 1. The van der Waals surface area contributed by atoms with Crippen LogP contribution >= 0.6 is 11.6 Å². The minimum Gasteiger partial charge on any atom is -0.441 e. The van der Waals surface area contributed by atoms with Crippen LogP contribution in [0.1, 0.15) is 12.3 Å². The first kappa shape index (κ1) is 22.4. The highest BCUT2D eigenvalue weighted by molar-refractivity contribution is 7.89. The molecule has 10 heteroatoms. The topological polar surface area (TPSA) is 83.7 Å². The van der Waals surface area contributed by atoms with Gasteiger partial charge >= 0.3 is 0 Å². The summed E-state index contributed by atoms with van der Waals surface area (Å²) in [5.74, 6) is 0.143. The minimum atomic E-state index is -3.63. The normalized spacial score (nSPS) is 15.1. The van der Waals surface area contributed by atoms with Crippen LogP contribution in [0, 0.1) is 5.82 Å². The third-order valence-electron chi connectivity index (χ3n) is 5.29. The second-order valence-corrected chi connectivity index (χ2v) is 9.71. The number of hydrogen-bond acceptors (Lipinski definition) is 5. The Morgan fingerprint density at radius 2 is 1.75 bits per heavy atom. The van der Waals surface area contributed by atoms with E-state index in [-0.39, 0.29) is 36.7 Å². The van der Waals surface area contributed by atoms with Gasteiger partial charge in [0.15, 0.2) is 11.7 Å². The highest BCUT2D eigenvalue weighted by Crippen LogP contribution is 2.24. The predicted octanol–water partition coefficient (Wildman–Crippen LogP) is 3.60. The smallest absolute Gasteiger partial charge is 0.243 e. The summed E-state index contributed by atoms with van der Waals surface area (Å²) in [5, 5.41) is 0.464. The molecule has 1 saturated heterocycles. The van der Waals surface area contributed by atoms with Gasteiger partial charge in [0, 0.05) is 44.0 Å². The summed E-state index contributed by atoms with van der Waals surface area (Å²) in [6, 6.07) is 12.3. The Labute approximate surface area is 190 Å². The lowest BCUT2D eigenvalue weighted by Gasteiger charge is -2.34. The number of piperazine rings is 1. The first-order valence-corrected chi connectivity index (χ1v) is 11.9. The van der Waals surface area contributed by atoms with Crippen molar-refractivity contribution in [3.8, 4) is 11.3 Å². The van der Waals surface area contributed by atoms with E-state index in [1.54, 1.807) is 23.1 Å². The van der Waals surface area contributed by atoms with E-state index < -0.39 is 15.8 Å². The third-order valence-corrected chi connectivity index (χ3v) is 7.45. The van der Waals surface area contributed by atoms with Gasteiger partial charge in [-0.05, 0) is 36.4 Å². The van der Waals surface area contributed by atoms with E-state index in [4.69, 9.17) is 16.0 Å². The molecule has 1 aliphatic rings. The summed E-state index contributed by atoms with van der Waals surface area (Å²) in [6.07, 6.45) is 1.89. The monoisotopic (exact) mass is 477 g/mol. The minimum absolute atomic E-state index is 0.112. The molecule has 0 atom stereocenters. The number of carbonyl (C=O) groups excluding carboxylic acids is 1. The molecule has 0 aliphatic carbocycles. The van der Waals surface area contributed by atoms with Gasteiger partial charge in [0.1, 0.15) is 5.82 Å². The van der Waals surface area contributed by atoms with Crippen molar-refractivity contribution in [1.29, 1.82) is 0 Å². The van der Waals surface area contributed by atoms with Crippen molar-refractivity contribution in [2.75, 3.05) is 26.2 Å². The number of rotatable bonds is 6. The number of amides is 1. The lowest BCUT2D eigenvalue weighted by molar-refractivity contribution is -0.132. The zero-order chi connectivity index (χ0) is 22.7. The average Bonchev–Trinajstić information content (AvgIpc) is 3.27. The van der Waals surface area contributed by atoms with Gasteiger partial charge in [0.2, 0.25) is 15.9 Å². The van der Waals surface area contributed by atoms with Crippen LogP contribution in [0.25, 0.3) is 11.3 Å². The van der Waals surface area contributed by atoms with Crippen molar-refractivity contribution in [3.63, 3.8) is 0 Å². The van der Waals surface area contributed by atoms with Crippen molar-refractivity contribution >= 4 is 27.5 Å². The molecule has 2 aromatic carbocycles. The molecule has 1 aromatic heterocycles. The Hall–Kier alpha value is -2.75. The molecule has 1 amide bonds. The molecule has 1 aliphatic heterocycles. The summed E-state index contributed by atoms with van der Waals surface area (Å²) >= 11 is 5.83. The van der Waals surface area contributed by atoms with E-state index in [1.807, 2.05) is 0 Å². The molecule has 0 radical (unpaired) electrons. The molecule has 2 heterocycles. The number of benzene rings is 2. The lowest BCUT2D eigenvalue weighted by Crippen LogP contribution is -2.50. The van der Waals surface area contributed by atoms with Crippen LogP contribution in [-0.2, 0) is 21.2 Å². The summed E-state index contributed by atoms with van der Waals surface area (Å²) < 4.78 is 46.4. The Morgan fingerprint density at radius 1 is 1.06 bits per heavy atom. The summed E-state index contributed by atoms with van der Waals surface area (Å²) in [5.41, 5.74) is 0.315. The molecular weight excluding hydrogens is 457 g/mol. The third kappa shape index (κ3) is 4.85. The van der Waals surface area contributed by atoms with Crippen LogP contribution < -0.4 is 0 Å². The van der Waals surface area contributed by atoms with Crippen LogP contribution in [0.5, 0.6) is 0 Å². The number of sulfonamides is 1. The molecule has 4 rings (SSSR count). The number of nitrogens with zero attached hydrogens (tertiary/aromatic N) is 3. The van der Waals surface area contributed by atoms with Gasteiger partial charge < -0.3 is 9.32 Å². The molecule has 0 saturated carbocycles. The van der Waals surface area contributed by atoms with E-state index in [1.165, 1.54) is 40.8 Å². The largest absolute Gasteiger partial charge is 0.441 e. The second kappa shape index (κ2) is 9.40. The maximum absolute atomic E-state index is 13.9. The summed E-state index contributed by atoms with van der Waals surface area (Å²) in [6.45, 7) is 1.04. The number of aromatic nitrogens is 1. The Kier molecular flexibility index (Phi) is 6.59. The van der Waals surface area contributed by atoms with Gasteiger partial charge in [0.05, 0.1) is 16.7 Å². The standard InChI is InChI=1S/C22H21ClFN3O4S/c23-16-5-7-17(8-6-16)32(29,30)27-13-11-26(12-14-27)22(28)10-9-21-25-15-20(31-21)18-3-1-2-4-19(18)24/h1-8,15H,9-14H2. The van der Waals surface area contributed by atoms with Gasteiger partial charge in [-0.2, -0.15) is 4.31 Å². The number of halogens is 2. The van der Waals surface area contributed by atoms with Crippen LogP contribution in [0.3, 0.4) is 0 Å². The fourth-order valence-corrected chi connectivity index (χ4v) is 5.07. The zero-order valence-corrected chi connectivity index (χ0v) is 18.7. The quantitative estimate of drug-likeness (QED) is 0.541. The van der Waals surface area contributed by atoms with Crippen molar-refractivity contribution in [1.82, 2.24) is 14.2 Å². The van der Waals surface area contributed by atoms with Crippen LogP contribution in [0.15, 0.2) is 64.0 Å². The summed E-state index contributed by atoms with van der Waals surface area (Å²) in [4.78, 5) is 18.5.